The molecular formula is C28H47ClN8O3. The molecule has 224 valence electrons. The van der Waals surface area contributed by atoms with E-state index < -0.39 is 11.2 Å². The Bertz CT molecular complexity index is 1100. The van der Waals surface area contributed by atoms with Gasteiger partial charge >= 0.3 is 11.7 Å². The zero-order chi connectivity index (χ0) is 28.2. The van der Waals surface area contributed by atoms with E-state index in [9.17, 15) is 14.4 Å². The Balaban J connectivity index is 0.00000441. The molecule has 1 atom stereocenters. The average Bonchev–Trinajstić information content (AvgIpc) is 2.92. The number of nitrogens with two attached hydrogens (primary N) is 2. The second-order valence-electron chi connectivity index (χ2n) is 11.9. The van der Waals surface area contributed by atoms with Gasteiger partial charge in [-0.15, -0.1) is 12.4 Å². The maximum Gasteiger partial charge on any atom is 0.353 e. The third kappa shape index (κ3) is 8.05. The number of hydrogen-bond donors (Lipinski definition) is 3. The van der Waals surface area contributed by atoms with E-state index in [1.54, 1.807) is 40.5 Å². The highest BCUT2D eigenvalue weighted by Gasteiger charge is 2.31. The van der Waals surface area contributed by atoms with Crippen LogP contribution in [-0.4, -0.2) is 93.1 Å². The molecule has 2 fully saturated rings. The zero-order valence-electron chi connectivity index (χ0n) is 24.2. The van der Waals surface area contributed by atoms with Crippen molar-refractivity contribution in [3.05, 3.63) is 28.8 Å². The molecule has 1 aromatic heterocycles. The number of nitrogens with zero attached hydrogens (tertiary/aromatic N) is 5. The summed E-state index contributed by atoms with van der Waals surface area (Å²) in [5.41, 5.74) is 11.7. The quantitative estimate of drug-likeness (QED) is 0.450. The van der Waals surface area contributed by atoms with Gasteiger partial charge in [0.1, 0.15) is 5.82 Å². The summed E-state index contributed by atoms with van der Waals surface area (Å²) in [6.45, 7) is 9.37. The number of carbonyl (C=O) groups is 2. The molecule has 1 unspecified atom stereocenters. The van der Waals surface area contributed by atoms with Crippen LogP contribution in [0.3, 0.4) is 0 Å². The minimum absolute atomic E-state index is 0. The summed E-state index contributed by atoms with van der Waals surface area (Å²) in [6, 6.07) is 2.33. The topological polar surface area (TPSA) is 143 Å². The van der Waals surface area contributed by atoms with E-state index in [1.807, 2.05) is 0 Å². The van der Waals surface area contributed by atoms with E-state index in [-0.39, 0.29) is 30.2 Å². The van der Waals surface area contributed by atoms with Crippen LogP contribution in [0.25, 0.3) is 5.70 Å². The van der Waals surface area contributed by atoms with Gasteiger partial charge in [0.15, 0.2) is 0 Å². The standard InChI is InChI=1S/C28H46N8O3.ClH/c1-4-33(22-11-7-21(29)8-12-22)19-20-5-9-23(10-6-20)36-14-13-24(32-27(36)39)31-26(38)35-17-15-34(16-18-35)25(37)28(2,3)30;/h9,13-14,20-22H,4-8,10-12,15-19,29-30H2,1-3H3,(H,31,32,38,39);1H. The lowest BCUT2D eigenvalue weighted by Gasteiger charge is -2.38. The number of amides is 3. The minimum atomic E-state index is -0.938. The van der Waals surface area contributed by atoms with Gasteiger partial charge in [-0.05, 0) is 77.3 Å². The number of carbonyl (C=O) groups excluding carboxylic acids is 2. The lowest BCUT2D eigenvalue weighted by molar-refractivity contribution is -0.137. The summed E-state index contributed by atoms with van der Waals surface area (Å²) in [5, 5.41) is 2.73. The van der Waals surface area contributed by atoms with Crippen LogP contribution in [0.5, 0.6) is 0 Å². The molecule has 0 spiro atoms. The highest BCUT2D eigenvalue weighted by atomic mass is 35.5. The van der Waals surface area contributed by atoms with Crippen LogP contribution >= 0.6 is 12.4 Å². The number of aromatic nitrogens is 2. The number of rotatable bonds is 7. The predicted molar refractivity (Wildman–Crippen MR) is 160 cm³/mol. The molecule has 0 bridgehead atoms. The maximum absolute atomic E-state index is 12.8. The molecule has 0 radical (unpaired) electrons. The molecule has 3 amide bonds. The van der Waals surface area contributed by atoms with Crippen LogP contribution < -0.4 is 22.5 Å². The molecule has 11 nitrogen and oxygen atoms in total. The lowest BCUT2D eigenvalue weighted by Crippen LogP contribution is -2.58. The highest BCUT2D eigenvalue weighted by molar-refractivity contribution is 5.89. The van der Waals surface area contributed by atoms with E-state index in [0.29, 0.717) is 44.2 Å². The second kappa shape index (κ2) is 13.9. The highest BCUT2D eigenvalue weighted by Crippen LogP contribution is 2.29. The summed E-state index contributed by atoms with van der Waals surface area (Å²) in [6.07, 6.45) is 11.3. The van der Waals surface area contributed by atoms with Gasteiger partial charge in [0.2, 0.25) is 5.91 Å². The van der Waals surface area contributed by atoms with Crippen molar-refractivity contribution in [2.75, 3.05) is 44.6 Å². The van der Waals surface area contributed by atoms with Crippen LogP contribution in [0.4, 0.5) is 10.6 Å². The smallest absolute Gasteiger partial charge is 0.338 e. The normalized spacial score (nSPS) is 23.9. The van der Waals surface area contributed by atoms with Gasteiger partial charge in [0, 0.05) is 56.7 Å². The van der Waals surface area contributed by atoms with E-state index in [0.717, 1.165) is 50.9 Å². The van der Waals surface area contributed by atoms with E-state index in [4.69, 9.17) is 11.5 Å². The summed E-state index contributed by atoms with van der Waals surface area (Å²) in [4.78, 5) is 48.0. The molecule has 2 aliphatic carbocycles. The molecule has 3 aliphatic rings. The molecule has 5 N–H and O–H groups in total. The first-order chi connectivity index (χ1) is 18.5. The SMILES string of the molecule is CCN(CC1CC=C(n2ccc(NC(=O)N3CCN(C(=O)C(C)(C)N)CC3)nc2=O)CC1)C1CCC(N)CC1.Cl. The van der Waals surface area contributed by atoms with Gasteiger partial charge in [-0.25, -0.2) is 9.59 Å². The van der Waals surface area contributed by atoms with E-state index >= 15 is 0 Å². The molecule has 12 heteroatoms. The Labute approximate surface area is 243 Å². The predicted octanol–water partition coefficient (Wildman–Crippen LogP) is 2.31. The van der Waals surface area contributed by atoms with Crippen molar-refractivity contribution in [2.45, 2.75) is 83.3 Å². The first-order valence-electron chi connectivity index (χ1n) is 14.5. The number of allylic oxidation sites excluding steroid dienone is 2. The number of piperazine rings is 1. The third-order valence-corrected chi connectivity index (χ3v) is 8.41. The van der Waals surface area contributed by atoms with Gasteiger partial charge in [0.25, 0.3) is 0 Å². The molecule has 40 heavy (non-hydrogen) atoms. The van der Waals surface area contributed by atoms with E-state index in [2.05, 4.69) is 28.2 Å². The molecular weight excluding hydrogens is 532 g/mol. The van der Waals surface area contributed by atoms with Crippen molar-refractivity contribution >= 4 is 35.9 Å². The first kappa shape index (κ1) is 32.0. The largest absolute Gasteiger partial charge is 0.353 e. The van der Waals surface area contributed by atoms with Gasteiger partial charge < -0.3 is 26.2 Å². The van der Waals surface area contributed by atoms with Crippen molar-refractivity contribution < 1.29 is 9.59 Å². The van der Waals surface area contributed by atoms with Gasteiger partial charge in [0.05, 0.1) is 5.54 Å². The molecule has 1 aliphatic heterocycles. The summed E-state index contributed by atoms with van der Waals surface area (Å²) >= 11 is 0. The van der Waals surface area contributed by atoms with Crippen LogP contribution in [0.15, 0.2) is 23.1 Å². The molecule has 1 aromatic rings. The molecule has 1 saturated carbocycles. The number of anilines is 1. The van der Waals surface area contributed by atoms with Crippen molar-refractivity contribution in [3.63, 3.8) is 0 Å². The lowest BCUT2D eigenvalue weighted by atomic mass is 9.88. The Morgan fingerprint density at radius 1 is 1.10 bits per heavy atom. The monoisotopic (exact) mass is 578 g/mol. The minimum Gasteiger partial charge on any atom is -0.338 e. The molecule has 4 rings (SSSR count). The Kier molecular flexibility index (Phi) is 11.2. The van der Waals surface area contributed by atoms with Crippen LogP contribution in [0.1, 0.15) is 65.7 Å². The second-order valence-corrected chi connectivity index (χ2v) is 11.9. The van der Waals surface area contributed by atoms with Gasteiger partial charge in [-0.3, -0.25) is 14.7 Å². The van der Waals surface area contributed by atoms with Crippen molar-refractivity contribution in [1.82, 2.24) is 24.3 Å². The Morgan fingerprint density at radius 3 is 2.30 bits per heavy atom. The molecule has 0 aromatic carbocycles. The van der Waals surface area contributed by atoms with Crippen molar-refractivity contribution in [3.8, 4) is 0 Å². The third-order valence-electron chi connectivity index (χ3n) is 8.41. The number of halogens is 1. The number of hydrogen-bond acceptors (Lipinski definition) is 7. The van der Waals surface area contributed by atoms with Crippen molar-refractivity contribution in [2.24, 2.45) is 17.4 Å². The fourth-order valence-electron chi connectivity index (χ4n) is 5.99. The molecule has 1 saturated heterocycles. The fourth-order valence-corrected chi connectivity index (χ4v) is 5.99. The van der Waals surface area contributed by atoms with Gasteiger partial charge in [-0.1, -0.05) is 13.0 Å². The van der Waals surface area contributed by atoms with Gasteiger partial charge in [-0.2, -0.15) is 4.98 Å². The summed E-state index contributed by atoms with van der Waals surface area (Å²) in [5.74, 6) is 0.675. The number of nitrogens with one attached hydrogen (secondary N) is 1. The van der Waals surface area contributed by atoms with Crippen LogP contribution in [-0.2, 0) is 4.79 Å². The number of urea groups is 1. The Morgan fingerprint density at radius 2 is 1.75 bits per heavy atom. The van der Waals surface area contributed by atoms with Crippen LogP contribution in [0.2, 0.25) is 0 Å². The Hall–Kier alpha value is -2.47. The fraction of sp³-hybridized carbons (Fsp3) is 0.714. The van der Waals surface area contributed by atoms with E-state index in [1.165, 1.54) is 12.8 Å². The zero-order valence-corrected chi connectivity index (χ0v) is 25.0. The average molecular weight is 579 g/mol. The molecule has 2 heterocycles. The van der Waals surface area contributed by atoms with Crippen molar-refractivity contribution in [1.29, 1.82) is 0 Å². The summed E-state index contributed by atoms with van der Waals surface area (Å²) < 4.78 is 1.59. The maximum atomic E-state index is 12.8. The first-order valence-corrected chi connectivity index (χ1v) is 14.5. The summed E-state index contributed by atoms with van der Waals surface area (Å²) in [7, 11) is 0. The van der Waals surface area contributed by atoms with Crippen LogP contribution in [0, 0.1) is 5.92 Å².